The SMILES string of the molecule is Cc1ccc(C(=O)N(CCC(=O)O)C(C)C(=O)O)cc1. The molecule has 0 aliphatic carbocycles. The highest BCUT2D eigenvalue weighted by Crippen LogP contribution is 2.11. The molecule has 2 N–H and O–H groups in total. The van der Waals surface area contributed by atoms with Crippen molar-refractivity contribution in [1.29, 1.82) is 0 Å². The van der Waals surface area contributed by atoms with Gasteiger partial charge < -0.3 is 15.1 Å². The molecule has 1 atom stereocenters. The number of aryl methyl sites for hydroxylation is 1. The van der Waals surface area contributed by atoms with Gasteiger partial charge in [-0.1, -0.05) is 17.7 Å². The zero-order chi connectivity index (χ0) is 15.3. The van der Waals surface area contributed by atoms with Crippen LogP contribution in [0.5, 0.6) is 0 Å². The van der Waals surface area contributed by atoms with Crippen molar-refractivity contribution in [1.82, 2.24) is 4.90 Å². The third kappa shape index (κ3) is 4.08. The van der Waals surface area contributed by atoms with Gasteiger partial charge in [-0.05, 0) is 26.0 Å². The molecule has 0 aliphatic rings. The van der Waals surface area contributed by atoms with E-state index in [1.165, 1.54) is 6.92 Å². The van der Waals surface area contributed by atoms with E-state index in [2.05, 4.69) is 0 Å². The molecule has 6 nitrogen and oxygen atoms in total. The molecule has 6 heteroatoms. The zero-order valence-electron chi connectivity index (χ0n) is 11.4. The molecular formula is C14H17NO5. The van der Waals surface area contributed by atoms with Crippen LogP contribution in [-0.4, -0.2) is 45.5 Å². The Morgan fingerprint density at radius 3 is 2.15 bits per heavy atom. The number of hydrogen-bond donors (Lipinski definition) is 2. The number of nitrogens with zero attached hydrogens (tertiary/aromatic N) is 1. The van der Waals surface area contributed by atoms with Crippen molar-refractivity contribution in [2.45, 2.75) is 26.3 Å². The summed E-state index contributed by atoms with van der Waals surface area (Å²) in [4.78, 5) is 35.0. The normalized spacial score (nSPS) is 11.7. The van der Waals surface area contributed by atoms with E-state index in [0.29, 0.717) is 5.56 Å². The van der Waals surface area contributed by atoms with E-state index in [4.69, 9.17) is 10.2 Å². The Morgan fingerprint density at radius 1 is 1.15 bits per heavy atom. The van der Waals surface area contributed by atoms with Crippen LogP contribution in [0.3, 0.4) is 0 Å². The Morgan fingerprint density at radius 2 is 1.70 bits per heavy atom. The van der Waals surface area contributed by atoms with Crippen LogP contribution in [0, 0.1) is 6.92 Å². The number of carbonyl (C=O) groups excluding carboxylic acids is 1. The number of amides is 1. The van der Waals surface area contributed by atoms with Gasteiger partial charge in [0.25, 0.3) is 5.91 Å². The van der Waals surface area contributed by atoms with E-state index in [9.17, 15) is 14.4 Å². The van der Waals surface area contributed by atoms with Crippen LogP contribution in [-0.2, 0) is 9.59 Å². The molecule has 0 aromatic heterocycles. The van der Waals surface area contributed by atoms with Crippen LogP contribution in [0.25, 0.3) is 0 Å². The van der Waals surface area contributed by atoms with Crippen LogP contribution in [0.15, 0.2) is 24.3 Å². The lowest BCUT2D eigenvalue weighted by Crippen LogP contribution is -2.44. The number of benzene rings is 1. The second-order valence-electron chi connectivity index (χ2n) is 4.52. The molecule has 0 saturated carbocycles. The quantitative estimate of drug-likeness (QED) is 0.820. The van der Waals surface area contributed by atoms with Gasteiger partial charge in [0.2, 0.25) is 0 Å². The van der Waals surface area contributed by atoms with Crippen LogP contribution < -0.4 is 0 Å². The maximum Gasteiger partial charge on any atom is 0.326 e. The maximum absolute atomic E-state index is 12.3. The Bertz CT molecular complexity index is 509. The van der Waals surface area contributed by atoms with E-state index in [1.807, 2.05) is 6.92 Å². The average Bonchev–Trinajstić information content (AvgIpc) is 2.38. The predicted octanol–water partition coefficient (Wildman–Crippen LogP) is 1.39. The van der Waals surface area contributed by atoms with Crippen molar-refractivity contribution in [3.63, 3.8) is 0 Å². The highest BCUT2D eigenvalue weighted by molar-refractivity contribution is 5.96. The molecule has 0 saturated heterocycles. The summed E-state index contributed by atoms with van der Waals surface area (Å²) in [5.74, 6) is -2.73. The molecular weight excluding hydrogens is 262 g/mol. The largest absolute Gasteiger partial charge is 0.481 e. The smallest absolute Gasteiger partial charge is 0.326 e. The Balaban J connectivity index is 2.96. The summed E-state index contributed by atoms with van der Waals surface area (Å²) >= 11 is 0. The molecule has 0 heterocycles. The molecule has 0 fully saturated rings. The Labute approximate surface area is 116 Å². The summed E-state index contributed by atoms with van der Waals surface area (Å²) in [5, 5.41) is 17.7. The summed E-state index contributed by atoms with van der Waals surface area (Å²) in [6.45, 7) is 3.09. The van der Waals surface area contributed by atoms with Gasteiger partial charge in [-0.25, -0.2) is 4.79 Å². The maximum atomic E-state index is 12.3. The third-order valence-electron chi connectivity index (χ3n) is 2.95. The summed E-state index contributed by atoms with van der Waals surface area (Å²) in [7, 11) is 0. The molecule has 1 unspecified atom stereocenters. The molecule has 1 aromatic rings. The van der Waals surface area contributed by atoms with Crippen LogP contribution in [0.2, 0.25) is 0 Å². The minimum Gasteiger partial charge on any atom is -0.481 e. The predicted molar refractivity (Wildman–Crippen MR) is 71.6 cm³/mol. The van der Waals surface area contributed by atoms with E-state index < -0.39 is 23.9 Å². The van der Waals surface area contributed by atoms with E-state index in [0.717, 1.165) is 10.5 Å². The van der Waals surface area contributed by atoms with Crippen molar-refractivity contribution < 1.29 is 24.6 Å². The first-order valence-electron chi connectivity index (χ1n) is 6.15. The van der Waals surface area contributed by atoms with Gasteiger partial charge in [0.1, 0.15) is 6.04 Å². The fraction of sp³-hybridized carbons (Fsp3) is 0.357. The van der Waals surface area contributed by atoms with Gasteiger partial charge >= 0.3 is 11.9 Å². The number of carbonyl (C=O) groups is 3. The van der Waals surface area contributed by atoms with Crippen molar-refractivity contribution >= 4 is 17.8 Å². The van der Waals surface area contributed by atoms with Gasteiger partial charge in [0, 0.05) is 12.1 Å². The second-order valence-corrected chi connectivity index (χ2v) is 4.52. The molecule has 20 heavy (non-hydrogen) atoms. The lowest BCUT2D eigenvalue weighted by molar-refractivity contribution is -0.143. The molecule has 108 valence electrons. The number of carboxylic acids is 2. The standard InChI is InChI=1S/C14H17NO5/c1-9-3-5-11(6-4-9)13(18)15(8-7-12(16)17)10(2)14(19)20/h3-6,10H,7-8H2,1-2H3,(H,16,17)(H,19,20). The Hall–Kier alpha value is -2.37. The molecule has 0 bridgehead atoms. The summed E-state index contributed by atoms with van der Waals surface area (Å²) in [6.07, 6.45) is -0.296. The lowest BCUT2D eigenvalue weighted by Gasteiger charge is -2.26. The molecule has 0 radical (unpaired) electrons. The first kappa shape index (κ1) is 15.7. The van der Waals surface area contributed by atoms with E-state index in [-0.39, 0.29) is 13.0 Å². The van der Waals surface area contributed by atoms with Crippen molar-refractivity contribution in [3.05, 3.63) is 35.4 Å². The van der Waals surface area contributed by atoms with Gasteiger partial charge in [-0.3, -0.25) is 9.59 Å². The monoisotopic (exact) mass is 279 g/mol. The summed E-state index contributed by atoms with van der Waals surface area (Å²) in [6, 6.07) is 5.60. The number of carboxylic acid groups (broad SMARTS) is 2. The van der Waals surface area contributed by atoms with Crippen molar-refractivity contribution in [2.24, 2.45) is 0 Å². The summed E-state index contributed by atoms with van der Waals surface area (Å²) < 4.78 is 0. The third-order valence-corrected chi connectivity index (χ3v) is 2.95. The van der Waals surface area contributed by atoms with E-state index >= 15 is 0 Å². The van der Waals surface area contributed by atoms with Gasteiger partial charge in [0.15, 0.2) is 0 Å². The first-order chi connectivity index (χ1) is 9.32. The molecule has 1 amide bonds. The molecule has 1 aromatic carbocycles. The molecule has 0 spiro atoms. The van der Waals surface area contributed by atoms with E-state index in [1.54, 1.807) is 24.3 Å². The highest BCUT2D eigenvalue weighted by Gasteiger charge is 2.26. The fourth-order valence-electron chi connectivity index (χ4n) is 1.68. The number of hydrogen-bond acceptors (Lipinski definition) is 3. The van der Waals surface area contributed by atoms with Crippen LogP contribution in [0.4, 0.5) is 0 Å². The topological polar surface area (TPSA) is 94.9 Å². The minimum atomic E-state index is -1.17. The number of rotatable bonds is 6. The van der Waals surface area contributed by atoms with Crippen LogP contribution >= 0.6 is 0 Å². The van der Waals surface area contributed by atoms with Crippen molar-refractivity contribution in [3.8, 4) is 0 Å². The number of aliphatic carboxylic acids is 2. The Kier molecular flexibility index (Phi) is 5.25. The highest BCUT2D eigenvalue weighted by atomic mass is 16.4. The average molecular weight is 279 g/mol. The zero-order valence-corrected chi connectivity index (χ0v) is 11.4. The second kappa shape index (κ2) is 6.70. The van der Waals surface area contributed by atoms with Gasteiger partial charge in [0.05, 0.1) is 6.42 Å². The summed E-state index contributed by atoms with van der Waals surface area (Å²) in [5.41, 5.74) is 1.32. The van der Waals surface area contributed by atoms with Gasteiger partial charge in [-0.15, -0.1) is 0 Å². The lowest BCUT2D eigenvalue weighted by atomic mass is 10.1. The van der Waals surface area contributed by atoms with Crippen LogP contribution in [0.1, 0.15) is 29.3 Å². The minimum absolute atomic E-state index is 0.143. The first-order valence-corrected chi connectivity index (χ1v) is 6.15. The molecule has 0 aliphatic heterocycles. The van der Waals surface area contributed by atoms with Gasteiger partial charge in [-0.2, -0.15) is 0 Å². The fourth-order valence-corrected chi connectivity index (χ4v) is 1.68. The van der Waals surface area contributed by atoms with Crippen molar-refractivity contribution in [2.75, 3.05) is 6.54 Å². The molecule has 1 rings (SSSR count).